The summed E-state index contributed by atoms with van der Waals surface area (Å²) in [6.45, 7) is 0. The minimum absolute atomic E-state index is 0.0527. The largest absolute Gasteiger partial charge is 0.417 e. The topological polar surface area (TPSA) is 34.5 Å². The zero-order valence-corrected chi connectivity index (χ0v) is 11.6. The molecule has 2 rings (SSSR count). The van der Waals surface area contributed by atoms with Crippen molar-refractivity contribution in [1.29, 1.82) is 0 Å². The van der Waals surface area contributed by atoms with Crippen LogP contribution in [0, 0.1) is 0 Å². The van der Waals surface area contributed by atoms with Crippen molar-refractivity contribution >= 4 is 17.8 Å². The van der Waals surface area contributed by atoms with Crippen LogP contribution in [0.2, 0.25) is 5.02 Å². The molecular weight excluding hydrogens is 305 g/mol. The predicted octanol–water partition coefficient (Wildman–Crippen LogP) is 4.40. The number of alkyl halides is 3. The lowest BCUT2D eigenvalue weighted by atomic mass is 10.1. The molecule has 0 amide bonds. The third kappa shape index (κ3) is 3.72. The lowest BCUT2D eigenvalue weighted by molar-refractivity contribution is -0.137. The SMILES string of the molecule is CO/N=C\c1ccc(-c2ncc(C(F)(F)F)cc2Cl)cc1. The van der Waals surface area contributed by atoms with Gasteiger partial charge in [-0.2, -0.15) is 13.2 Å². The smallest absolute Gasteiger partial charge is 0.399 e. The number of aromatic nitrogens is 1. The number of nitrogens with zero attached hydrogens (tertiary/aromatic N) is 2. The lowest BCUT2D eigenvalue weighted by Crippen LogP contribution is -2.05. The standard InChI is InChI=1S/C14H10ClF3N2O/c1-21-20-7-9-2-4-10(5-3-9)13-12(15)6-11(8-19-13)14(16,17)18/h2-8H,1H3/b20-7-. The summed E-state index contributed by atoms with van der Waals surface area (Å²) in [5, 5.41) is 3.56. The van der Waals surface area contributed by atoms with Crippen molar-refractivity contribution in [3.63, 3.8) is 0 Å². The van der Waals surface area contributed by atoms with Gasteiger partial charge in [0.1, 0.15) is 7.11 Å². The molecule has 0 aliphatic rings. The van der Waals surface area contributed by atoms with Crippen LogP contribution in [0.3, 0.4) is 0 Å². The Hall–Kier alpha value is -2.08. The number of benzene rings is 1. The van der Waals surface area contributed by atoms with Crippen LogP contribution in [0.1, 0.15) is 11.1 Å². The number of hydrogen-bond acceptors (Lipinski definition) is 3. The van der Waals surface area contributed by atoms with Crippen molar-refractivity contribution in [2.24, 2.45) is 5.16 Å². The van der Waals surface area contributed by atoms with Gasteiger partial charge in [-0.15, -0.1) is 0 Å². The summed E-state index contributed by atoms with van der Waals surface area (Å²) in [6.07, 6.45) is -2.19. The fraction of sp³-hybridized carbons (Fsp3) is 0.143. The van der Waals surface area contributed by atoms with Crippen LogP contribution in [0.25, 0.3) is 11.3 Å². The quantitative estimate of drug-likeness (QED) is 0.621. The molecule has 1 aromatic carbocycles. The molecule has 21 heavy (non-hydrogen) atoms. The number of halogens is 4. The summed E-state index contributed by atoms with van der Waals surface area (Å²) in [5.74, 6) is 0. The molecule has 0 spiro atoms. The van der Waals surface area contributed by atoms with Gasteiger partial charge in [0.2, 0.25) is 0 Å². The summed E-state index contributed by atoms with van der Waals surface area (Å²) in [4.78, 5) is 8.35. The van der Waals surface area contributed by atoms with Crippen molar-refractivity contribution < 1.29 is 18.0 Å². The average Bonchev–Trinajstić information content (AvgIpc) is 2.45. The van der Waals surface area contributed by atoms with Gasteiger partial charge >= 0.3 is 6.18 Å². The van der Waals surface area contributed by atoms with Gasteiger partial charge in [-0.05, 0) is 11.6 Å². The molecule has 0 saturated heterocycles. The first-order valence-corrected chi connectivity index (χ1v) is 6.19. The molecule has 0 aliphatic carbocycles. The highest BCUT2D eigenvalue weighted by molar-refractivity contribution is 6.33. The summed E-state index contributed by atoms with van der Waals surface area (Å²) in [7, 11) is 1.43. The molecule has 0 aliphatic heterocycles. The van der Waals surface area contributed by atoms with Crippen LogP contribution in [-0.2, 0) is 11.0 Å². The van der Waals surface area contributed by atoms with Crippen molar-refractivity contribution in [3.05, 3.63) is 52.7 Å². The zero-order valence-electron chi connectivity index (χ0n) is 10.9. The molecule has 0 atom stereocenters. The second-order valence-corrected chi connectivity index (χ2v) is 4.50. The molecule has 3 nitrogen and oxygen atoms in total. The van der Waals surface area contributed by atoms with Crippen LogP contribution >= 0.6 is 11.6 Å². The highest BCUT2D eigenvalue weighted by Gasteiger charge is 2.31. The van der Waals surface area contributed by atoms with Crippen molar-refractivity contribution in [2.75, 3.05) is 7.11 Å². The molecule has 0 bridgehead atoms. The summed E-state index contributed by atoms with van der Waals surface area (Å²) in [5.41, 5.74) is 0.812. The van der Waals surface area contributed by atoms with E-state index in [9.17, 15) is 13.2 Å². The van der Waals surface area contributed by atoms with Crippen LogP contribution < -0.4 is 0 Å². The Morgan fingerprint density at radius 3 is 2.43 bits per heavy atom. The van der Waals surface area contributed by atoms with E-state index in [-0.39, 0.29) is 5.02 Å². The van der Waals surface area contributed by atoms with Crippen LogP contribution in [0.15, 0.2) is 41.7 Å². The number of oxime groups is 1. The van der Waals surface area contributed by atoms with Gasteiger partial charge in [0.05, 0.1) is 22.5 Å². The van der Waals surface area contributed by atoms with E-state index in [1.165, 1.54) is 13.3 Å². The second kappa shape index (κ2) is 6.13. The Labute approximate surface area is 124 Å². The summed E-state index contributed by atoms with van der Waals surface area (Å²) < 4.78 is 37.6. The third-order valence-corrected chi connectivity index (χ3v) is 2.95. The van der Waals surface area contributed by atoms with E-state index in [0.29, 0.717) is 11.3 Å². The van der Waals surface area contributed by atoms with Crippen LogP contribution in [0.5, 0.6) is 0 Å². The van der Waals surface area contributed by atoms with Crippen molar-refractivity contribution in [3.8, 4) is 11.3 Å². The Morgan fingerprint density at radius 2 is 1.90 bits per heavy atom. The molecule has 0 saturated carbocycles. The van der Waals surface area contributed by atoms with Crippen molar-refractivity contribution in [1.82, 2.24) is 4.98 Å². The average molecular weight is 315 g/mol. The number of pyridine rings is 1. The third-order valence-electron chi connectivity index (χ3n) is 2.66. The van der Waals surface area contributed by atoms with Gasteiger partial charge in [-0.3, -0.25) is 4.98 Å². The van der Waals surface area contributed by atoms with Crippen molar-refractivity contribution in [2.45, 2.75) is 6.18 Å². The number of rotatable bonds is 3. The van der Waals surface area contributed by atoms with Gasteiger partial charge in [0.25, 0.3) is 0 Å². The second-order valence-electron chi connectivity index (χ2n) is 4.09. The van der Waals surface area contributed by atoms with E-state index in [0.717, 1.165) is 17.8 Å². The fourth-order valence-electron chi connectivity index (χ4n) is 1.65. The van der Waals surface area contributed by atoms with E-state index in [2.05, 4.69) is 15.0 Å². The molecule has 7 heteroatoms. The Kier molecular flexibility index (Phi) is 4.47. The lowest BCUT2D eigenvalue weighted by Gasteiger charge is -2.09. The molecule has 110 valence electrons. The normalized spacial score (nSPS) is 11.9. The molecule has 0 fully saturated rings. The minimum atomic E-state index is -4.46. The Bertz CT molecular complexity index is 654. The summed E-state index contributed by atoms with van der Waals surface area (Å²) >= 11 is 5.88. The van der Waals surface area contributed by atoms with E-state index in [1.807, 2.05) is 0 Å². The maximum Gasteiger partial charge on any atom is 0.417 e. The van der Waals surface area contributed by atoms with Gasteiger partial charge < -0.3 is 4.84 Å². The van der Waals surface area contributed by atoms with Gasteiger partial charge in [0.15, 0.2) is 0 Å². The van der Waals surface area contributed by atoms with Gasteiger partial charge in [-0.25, -0.2) is 0 Å². The van der Waals surface area contributed by atoms with E-state index in [1.54, 1.807) is 24.3 Å². The van der Waals surface area contributed by atoms with Crippen LogP contribution in [-0.4, -0.2) is 18.3 Å². The van der Waals surface area contributed by atoms with E-state index < -0.39 is 11.7 Å². The zero-order chi connectivity index (χ0) is 15.5. The Balaban J connectivity index is 2.32. The molecule has 0 radical (unpaired) electrons. The molecular formula is C14H10ClF3N2O. The first kappa shape index (κ1) is 15.3. The van der Waals surface area contributed by atoms with Gasteiger partial charge in [0, 0.05) is 11.8 Å². The molecule has 0 unspecified atom stereocenters. The minimum Gasteiger partial charge on any atom is -0.399 e. The first-order valence-electron chi connectivity index (χ1n) is 5.81. The van der Waals surface area contributed by atoms with E-state index in [4.69, 9.17) is 11.6 Å². The molecule has 2 aromatic rings. The maximum atomic E-state index is 12.5. The fourth-order valence-corrected chi connectivity index (χ4v) is 1.92. The van der Waals surface area contributed by atoms with Crippen LogP contribution in [0.4, 0.5) is 13.2 Å². The predicted molar refractivity (Wildman–Crippen MR) is 74.3 cm³/mol. The maximum absolute atomic E-state index is 12.5. The monoisotopic (exact) mass is 314 g/mol. The first-order chi connectivity index (χ1) is 9.91. The molecule has 1 heterocycles. The summed E-state index contributed by atoms with van der Waals surface area (Å²) in [6, 6.07) is 7.71. The van der Waals surface area contributed by atoms with Gasteiger partial charge in [-0.1, -0.05) is 41.0 Å². The highest BCUT2D eigenvalue weighted by atomic mass is 35.5. The Morgan fingerprint density at radius 1 is 1.24 bits per heavy atom. The number of hydrogen-bond donors (Lipinski definition) is 0. The molecule has 0 N–H and O–H groups in total. The molecule has 1 aromatic heterocycles. The highest BCUT2D eigenvalue weighted by Crippen LogP contribution is 2.33. The van der Waals surface area contributed by atoms with E-state index >= 15 is 0 Å².